The number of fused-ring (bicyclic) bond motifs is 1. The summed E-state index contributed by atoms with van der Waals surface area (Å²) in [5.41, 5.74) is -0.313. The van der Waals surface area contributed by atoms with Crippen LogP contribution in [0.15, 0.2) is 32.9 Å². The Morgan fingerprint density at radius 2 is 1.39 bits per heavy atom. The number of benzene rings is 1. The molecule has 2 amide bonds. The highest BCUT2D eigenvalue weighted by molar-refractivity contribution is 7.90. The number of imidazole rings is 1. The fraction of sp³-hybridized carbons (Fsp3) is 0.483. The third-order valence-electron chi connectivity index (χ3n) is 7.56. The number of aryl methyl sites for hydroxylation is 1. The molecule has 17 heteroatoms. The van der Waals surface area contributed by atoms with Crippen LogP contribution in [0.3, 0.4) is 0 Å². The number of hydrogen-bond acceptors (Lipinski definition) is 11. The third kappa shape index (κ3) is 7.71. The molecule has 0 bridgehead atoms. The maximum atomic E-state index is 13.0. The molecule has 2 aliphatic rings. The maximum absolute atomic E-state index is 13.0. The SMILES string of the molecule is Cn1c(=O)c2c(nc(S(C)(=O)=O)n2C)n(CC#Cc2cc(NC(=O)CN3CCOCC3)cc(NC(=O)CN3CCOCC3)c2)c1=O. The van der Waals surface area contributed by atoms with Gasteiger partial charge in [0.15, 0.2) is 11.2 Å². The molecule has 0 aliphatic carbocycles. The molecule has 2 aliphatic heterocycles. The number of ether oxygens (including phenoxy) is 2. The number of morpholine rings is 2. The van der Waals surface area contributed by atoms with Gasteiger partial charge in [-0.2, -0.15) is 4.98 Å². The summed E-state index contributed by atoms with van der Waals surface area (Å²) in [7, 11) is -1.12. The van der Waals surface area contributed by atoms with E-state index in [1.807, 2.05) is 9.80 Å². The highest BCUT2D eigenvalue weighted by Crippen LogP contribution is 2.20. The van der Waals surface area contributed by atoms with Gasteiger partial charge < -0.3 is 24.7 Å². The van der Waals surface area contributed by atoms with Crippen LogP contribution in [0.1, 0.15) is 5.56 Å². The molecule has 2 aromatic heterocycles. The summed E-state index contributed by atoms with van der Waals surface area (Å²) in [5.74, 6) is 5.36. The molecule has 2 N–H and O–H groups in total. The fourth-order valence-electron chi connectivity index (χ4n) is 5.27. The number of carbonyl (C=O) groups is 2. The number of sulfone groups is 1. The highest BCUT2D eigenvalue weighted by atomic mass is 32.2. The van der Waals surface area contributed by atoms with E-state index < -0.39 is 21.1 Å². The number of amides is 2. The van der Waals surface area contributed by atoms with Gasteiger partial charge in [-0.3, -0.25) is 33.3 Å². The van der Waals surface area contributed by atoms with E-state index in [9.17, 15) is 27.6 Å². The number of rotatable bonds is 8. The van der Waals surface area contributed by atoms with Crippen molar-refractivity contribution in [1.82, 2.24) is 28.5 Å². The van der Waals surface area contributed by atoms with Crippen LogP contribution in [0.5, 0.6) is 0 Å². The minimum Gasteiger partial charge on any atom is -0.379 e. The van der Waals surface area contributed by atoms with E-state index in [1.165, 1.54) is 14.1 Å². The van der Waals surface area contributed by atoms with Gasteiger partial charge in [-0.05, 0) is 18.2 Å². The van der Waals surface area contributed by atoms with Gasteiger partial charge in [0.1, 0.15) is 0 Å². The van der Waals surface area contributed by atoms with E-state index in [0.717, 1.165) is 20.0 Å². The predicted octanol–water partition coefficient (Wildman–Crippen LogP) is -1.57. The molecular formula is C29H36N8O8S. The Bertz CT molecular complexity index is 1890. The summed E-state index contributed by atoms with van der Waals surface area (Å²) < 4.78 is 38.4. The Balaban J connectivity index is 1.43. The first kappa shape index (κ1) is 33.0. The molecule has 46 heavy (non-hydrogen) atoms. The first-order chi connectivity index (χ1) is 21.9. The summed E-state index contributed by atoms with van der Waals surface area (Å²) in [6.07, 6.45) is 0.963. The largest absolute Gasteiger partial charge is 0.379 e. The normalized spacial score (nSPS) is 16.2. The Morgan fingerprint density at radius 1 is 0.870 bits per heavy atom. The lowest BCUT2D eigenvalue weighted by Crippen LogP contribution is -2.41. The van der Waals surface area contributed by atoms with E-state index in [-0.39, 0.29) is 47.8 Å². The summed E-state index contributed by atoms with van der Waals surface area (Å²) in [4.78, 5) is 59.6. The van der Waals surface area contributed by atoms with Gasteiger partial charge in [0.05, 0.1) is 46.1 Å². The van der Waals surface area contributed by atoms with Gasteiger partial charge in [-0.25, -0.2) is 13.2 Å². The standard InChI is InChI=1S/C29H36N8O8S/c1-33-25-26(32-28(33)46(3,42)43)37(29(41)34(2)27(25)40)6-4-5-20-15-21(30-23(38)18-35-7-11-44-12-8-35)17-22(16-20)31-24(39)19-36-9-13-45-14-10-36/h15-17H,6-14,18-19H2,1-3H3,(H,30,38)(H,31,39). The lowest BCUT2D eigenvalue weighted by molar-refractivity contribution is -0.119. The lowest BCUT2D eigenvalue weighted by atomic mass is 10.1. The summed E-state index contributed by atoms with van der Waals surface area (Å²) >= 11 is 0. The van der Waals surface area contributed by atoms with Crippen LogP contribution in [0, 0.1) is 11.8 Å². The van der Waals surface area contributed by atoms with Gasteiger partial charge in [0.25, 0.3) is 5.56 Å². The monoisotopic (exact) mass is 656 g/mol. The zero-order chi connectivity index (χ0) is 33.0. The van der Waals surface area contributed by atoms with Crippen LogP contribution in [0.2, 0.25) is 0 Å². The second kappa shape index (κ2) is 14.0. The van der Waals surface area contributed by atoms with Gasteiger partial charge in [0.2, 0.25) is 26.8 Å². The molecule has 2 saturated heterocycles. The smallest absolute Gasteiger partial charge is 0.333 e. The van der Waals surface area contributed by atoms with Crippen LogP contribution in [0.25, 0.3) is 11.2 Å². The van der Waals surface area contributed by atoms with Crippen LogP contribution in [0.4, 0.5) is 11.4 Å². The molecule has 1 aromatic carbocycles. The zero-order valence-electron chi connectivity index (χ0n) is 25.9. The van der Waals surface area contributed by atoms with Crippen molar-refractivity contribution in [3.8, 4) is 11.8 Å². The molecule has 246 valence electrons. The van der Waals surface area contributed by atoms with Crippen LogP contribution in [-0.4, -0.2) is 121 Å². The summed E-state index contributed by atoms with van der Waals surface area (Å²) in [6.45, 7) is 4.88. The highest BCUT2D eigenvalue weighted by Gasteiger charge is 2.23. The number of hydrogen-bond donors (Lipinski definition) is 2. The van der Waals surface area contributed by atoms with Gasteiger partial charge >= 0.3 is 5.69 Å². The molecule has 0 atom stereocenters. The van der Waals surface area contributed by atoms with Crippen molar-refractivity contribution in [2.24, 2.45) is 14.1 Å². The first-order valence-corrected chi connectivity index (χ1v) is 16.5. The second-order valence-corrected chi connectivity index (χ2v) is 13.0. The number of carbonyl (C=O) groups excluding carboxylic acids is 2. The van der Waals surface area contributed by atoms with E-state index >= 15 is 0 Å². The average Bonchev–Trinajstić information content (AvgIpc) is 3.36. The number of aromatic nitrogens is 4. The molecule has 3 aromatic rings. The van der Waals surface area contributed by atoms with Crippen LogP contribution in [-0.2, 0) is 49.5 Å². The van der Waals surface area contributed by atoms with Crippen LogP contribution < -0.4 is 21.9 Å². The molecule has 0 radical (unpaired) electrons. The van der Waals surface area contributed by atoms with E-state index in [2.05, 4.69) is 27.5 Å². The van der Waals surface area contributed by atoms with E-state index in [0.29, 0.717) is 69.5 Å². The lowest BCUT2D eigenvalue weighted by Gasteiger charge is -2.26. The minimum absolute atomic E-state index is 0.0560. The fourth-order valence-corrected chi connectivity index (χ4v) is 6.11. The number of nitrogens with one attached hydrogen (secondary N) is 2. The van der Waals surface area contributed by atoms with Crippen molar-refractivity contribution in [2.75, 3.05) is 82.6 Å². The number of anilines is 2. The summed E-state index contributed by atoms with van der Waals surface area (Å²) in [5, 5.41) is 5.39. The van der Waals surface area contributed by atoms with Gasteiger partial charge in [0, 0.05) is 63.5 Å². The molecule has 2 fully saturated rings. The third-order valence-corrected chi connectivity index (χ3v) is 8.59. The van der Waals surface area contributed by atoms with Crippen molar-refractivity contribution in [3.05, 3.63) is 44.6 Å². The zero-order valence-corrected chi connectivity index (χ0v) is 26.7. The topological polar surface area (TPSA) is 179 Å². The Morgan fingerprint density at radius 3 is 1.89 bits per heavy atom. The maximum Gasteiger partial charge on any atom is 0.333 e. The molecule has 16 nitrogen and oxygen atoms in total. The van der Waals surface area contributed by atoms with Crippen LogP contribution >= 0.6 is 0 Å². The molecule has 0 spiro atoms. The number of nitrogens with zero attached hydrogens (tertiary/aromatic N) is 6. The van der Waals surface area contributed by atoms with Gasteiger partial charge in [-0.15, -0.1) is 0 Å². The molecular weight excluding hydrogens is 620 g/mol. The molecule has 4 heterocycles. The van der Waals surface area contributed by atoms with E-state index in [4.69, 9.17) is 9.47 Å². The Labute approximate surface area is 264 Å². The molecule has 0 unspecified atom stereocenters. The predicted molar refractivity (Wildman–Crippen MR) is 168 cm³/mol. The van der Waals surface area contributed by atoms with Crippen molar-refractivity contribution < 1.29 is 27.5 Å². The van der Waals surface area contributed by atoms with Crippen molar-refractivity contribution >= 4 is 44.2 Å². The minimum atomic E-state index is -3.80. The second-order valence-electron chi connectivity index (χ2n) is 11.1. The molecule has 0 saturated carbocycles. The summed E-state index contributed by atoms with van der Waals surface area (Å²) in [6, 6.07) is 4.92. The van der Waals surface area contributed by atoms with Crippen molar-refractivity contribution in [3.63, 3.8) is 0 Å². The van der Waals surface area contributed by atoms with Crippen molar-refractivity contribution in [1.29, 1.82) is 0 Å². The van der Waals surface area contributed by atoms with E-state index in [1.54, 1.807) is 18.2 Å². The van der Waals surface area contributed by atoms with Crippen molar-refractivity contribution in [2.45, 2.75) is 11.7 Å². The first-order valence-electron chi connectivity index (χ1n) is 14.6. The average molecular weight is 657 g/mol. The Kier molecular flexibility index (Phi) is 10.0. The quantitative estimate of drug-likeness (QED) is 0.268. The Hall–Kier alpha value is -4.34. The molecule has 5 rings (SSSR count). The van der Waals surface area contributed by atoms with Gasteiger partial charge in [-0.1, -0.05) is 11.8 Å².